The topological polar surface area (TPSA) is 12.0 Å². The lowest BCUT2D eigenvalue weighted by Crippen LogP contribution is -2.24. The quantitative estimate of drug-likeness (QED) is 0.816. The highest BCUT2D eigenvalue weighted by atomic mass is 79.9. The highest BCUT2D eigenvalue weighted by Crippen LogP contribution is 2.46. The molecular weight excluding hydrogens is 288 g/mol. The summed E-state index contributed by atoms with van der Waals surface area (Å²) >= 11 is 2.99. The minimum absolute atomic E-state index is 0.176. The van der Waals surface area contributed by atoms with E-state index in [9.17, 15) is 8.78 Å². The van der Waals surface area contributed by atoms with Crippen LogP contribution < -0.4 is 5.32 Å². The van der Waals surface area contributed by atoms with E-state index in [2.05, 4.69) is 21.2 Å². The fourth-order valence-corrected chi connectivity index (χ4v) is 2.66. The molecule has 0 unspecified atom stereocenters. The predicted octanol–water partition coefficient (Wildman–Crippen LogP) is 4.33. The molecule has 0 amide bonds. The number of anilines is 1. The van der Waals surface area contributed by atoms with E-state index in [0.717, 1.165) is 0 Å². The lowest BCUT2D eigenvalue weighted by atomic mass is 10.1. The Bertz CT molecular complexity index is 429. The molecule has 0 spiro atoms. The van der Waals surface area contributed by atoms with Crippen molar-refractivity contribution in [2.24, 2.45) is 11.8 Å². The molecule has 4 heteroatoms. The van der Waals surface area contributed by atoms with Gasteiger partial charge in [-0.25, -0.2) is 8.78 Å². The van der Waals surface area contributed by atoms with Crippen molar-refractivity contribution >= 4 is 21.6 Å². The van der Waals surface area contributed by atoms with Crippen LogP contribution in [0.3, 0.4) is 0 Å². The molecule has 1 aromatic carbocycles. The van der Waals surface area contributed by atoms with Crippen LogP contribution >= 0.6 is 15.9 Å². The van der Waals surface area contributed by atoms with Crippen molar-refractivity contribution in [3.63, 3.8) is 0 Å². The van der Waals surface area contributed by atoms with Crippen LogP contribution in [0, 0.1) is 23.5 Å². The first-order valence-electron chi connectivity index (χ1n) is 6.06. The molecule has 1 N–H and O–H groups in total. The summed E-state index contributed by atoms with van der Waals surface area (Å²) in [7, 11) is 0. The Labute approximate surface area is 108 Å². The van der Waals surface area contributed by atoms with E-state index in [1.54, 1.807) is 0 Å². The van der Waals surface area contributed by atoms with Gasteiger partial charge in [0.05, 0.1) is 10.2 Å². The van der Waals surface area contributed by atoms with E-state index in [0.29, 0.717) is 23.6 Å². The minimum atomic E-state index is -0.417. The zero-order chi connectivity index (χ0) is 12.0. The highest BCUT2D eigenvalue weighted by Gasteiger charge is 2.41. The summed E-state index contributed by atoms with van der Waals surface area (Å²) in [6.45, 7) is 0. The van der Waals surface area contributed by atoms with Gasteiger partial charge in [-0.2, -0.15) is 0 Å². The minimum Gasteiger partial charge on any atom is -0.379 e. The van der Waals surface area contributed by atoms with E-state index < -0.39 is 5.82 Å². The van der Waals surface area contributed by atoms with Gasteiger partial charge in [-0.1, -0.05) is 0 Å². The number of halogens is 3. The largest absolute Gasteiger partial charge is 0.379 e. The van der Waals surface area contributed by atoms with Crippen molar-refractivity contribution in [2.75, 3.05) is 5.32 Å². The zero-order valence-corrected chi connectivity index (χ0v) is 10.9. The van der Waals surface area contributed by atoms with Gasteiger partial charge in [0, 0.05) is 12.1 Å². The maximum absolute atomic E-state index is 13.7. The number of hydrogen-bond acceptors (Lipinski definition) is 1. The smallest absolute Gasteiger partial charge is 0.147 e. The molecule has 1 nitrogen and oxygen atoms in total. The summed E-state index contributed by atoms with van der Waals surface area (Å²) in [5.41, 5.74) is 0.300. The lowest BCUT2D eigenvalue weighted by Gasteiger charge is -2.19. The van der Waals surface area contributed by atoms with Gasteiger partial charge in [0.2, 0.25) is 0 Å². The van der Waals surface area contributed by atoms with Crippen molar-refractivity contribution in [1.29, 1.82) is 0 Å². The molecular formula is C13H14BrF2N. The monoisotopic (exact) mass is 301 g/mol. The summed E-state index contributed by atoms with van der Waals surface area (Å²) in [6.07, 6.45) is 4.87. The molecule has 2 aliphatic rings. The molecule has 0 atom stereocenters. The standard InChI is InChI=1S/C13H14BrF2N/c14-9-5-11(16)12(6-10(9)15)17-13(7-1-2-7)8-3-4-8/h5-8,13,17H,1-4H2. The molecule has 92 valence electrons. The van der Waals surface area contributed by atoms with Gasteiger partial charge in [0.1, 0.15) is 11.6 Å². The van der Waals surface area contributed by atoms with Crippen LogP contribution in [-0.2, 0) is 0 Å². The van der Waals surface area contributed by atoms with Gasteiger partial charge >= 0.3 is 0 Å². The fourth-order valence-electron chi connectivity index (χ4n) is 2.34. The molecule has 0 bridgehead atoms. The Morgan fingerprint density at radius 3 is 2.18 bits per heavy atom. The van der Waals surface area contributed by atoms with Crippen molar-refractivity contribution in [2.45, 2.75) is 31.7 Å². The van der Waals surface area contributed by atoms with E-state index in [1.165, 1.54) is 37.8 Å². The van der Waals surface area contributed by atoms with Crippen molar-refractivity contribution in [1.82, 2.24) is 0 Å². The van der Waals surface area contributed by atoms with E-state index >= 15 is 0 Å². The van der Waals surface area contributed by atoms with Crippen LogP contribution in [0.4, 0.5) is 14.5 Å². The maximum Gasteiger partial charge on any atom is 0.147 e. The summed E-state index contributed by atoms with van der Waals surface area (Å²) < 4.78 is 27.3. The molecule has 0 heterocycles. The zero-order valence-electron chi connectivity index (χ0n) is 9.35. The van der Waals surface area contributed by atoms with Crippen LogP contribution in [0.25, 0.3) is 0 Å². The molecule has 3 rings (SSSR count). The molecule has 0 aromatic heterocycles. The number of rotatable bonds is 4. The van der Waals surface area contributed by atoms with Gasteiger partial charge in [-0.05, 0) is 59.5 Å². The van der Waals surface area contributed by atoms with Gasteiger partial charge in [0.25, 0.3) is 0 Å². The Kier molecular flexibility index (Phi) is 2.85. The van der Waals surface area contributed by atoms with Gasteiger partial charge < -0.3 is 5.32 Å². The Morgan fingerprint density at radius 2 is 1.65 bits per heavy atom. The van der Waals surface area contributed by atoms with Gasteiger partial charge in [0.15, 0.2) is 0 Å². The molecule has 17 heavy (non-hydrogen) atoms. The molecule has 2 fully saturated rings. The fraction of sp³-hybridized carbons (Fsp3) is 0.538. The third-order valence-electron chi connectivity index (χ3n) is 3.59. The summed E-state index contributed by atoms with van der Waals surface area (Å²) in [5, 5.41) is 3.20. The summed E-state index contributed by atoms with van der Waals surface area (Å²) in [5.74, 6) is 0.519. The summed E-state index contributed by atoms with van der Waals surface area (Å²) in [4.78, 5) is 0. The second-order valence-corrected chi connectivity index (χ2v) is 5.95. The average Bonchev–Trinajstić information content (AvgIpc) is 3.15. The Morgan fingerprint density at radius 1 is 1.06 bits per heavy atom. The second kappa shape index (κ2) is 4.23. The molecule has 0 saturated heterocycles. The average molecular weight is 302 g/mol. The molecule has 0 aliphatic heterocycles. The first kappa shape index (κ1) is 11.5. The van der Waals surface area contributed by atoms with Crippen LogP contribution in [-0.4, -0.2) is 6.04 Å². The van der Waals surface area contributed by atoms with Gasteiger partial charge in [-0.3, -0.25) is 0 Å². The Hall–Kier alpha value is -0.640. The van der Waals surface area contributed by atoms with Crippen molar-refractivity contribution in [3.8, 4) is 0 Å². The van der Waals surface area contributed by atoms with Crippen LogP contribution in [0.5, 0.6) is 0 Å². The van der Waals surface area contributed by atoms with Crippen LogP contribution in [0.2, 0.25) is 0 Å². The third-order valence-corrected chi connectivity index (χ3v) is 4.20. The first-order valence-corrected chi connectivity index (χ1v) is 6.85. The second-order valence-electron chi connectivity index (χ2n) is 5.09. The SMILES string of the molecule is Fc1cc(NC(C2CC2)C2CC2)c(F)cc1Br. The number of hydrogen-bond donors (Lipinski definition) is 1. The van der Waals surface area contributed by atoms with Crippen LogP contribution in [0.15, 0.2) is 16.6 Å². The lowest BCUT2D eigenvalue weighted by molar-refractivity contribution is 0.552. The molecule has 2 aliphatic carbocycles. The van der Waals surface area contributed by atoms with E-state index in [-0.39, 0.29) is 10.3 Å². The van der Waals surface area contributed by atoms with Crippen molar-refractivity contribution < 1.29 is 8.78 Å². The summed E-state index contributed by atoms with van der Waals surface area (Å²) in [6, 6.07) is 2.77. The highest BCUT2D eigenvalue weighted by molar-refractivity contribution is 9.10. The molecule has 1 aromatic rings. The van der Waals surface area contributed by atoms with E-state index in [4.69, 9.17) is 0 Å². The molecule has 0 radical (unpaired) electrons. The Balaban J connectivity index is 1.81. The molecule has 2 saturated carbocycles. The number of nitrogens with one attached hydrogen (secondary N) is 1. The third kappa shape index (κ3) is 2.46. The maximum atomic E-state index is 13.7. The number of benzene rings is 1. The van der Waals surface area contributed by atoms with Gasteiger partial charge in [-0.15, -0.1) is 0 Å². The van der Waals surface area contributed by atoms with E-state index in [1.807, 2.05) is 0 Å². The first-order chi connectivity index (χ1) is 8.15. The predicted molar refractivity (Wildman–Crippen MR) is 66.9 cm³/mol. The normalized spacial score (nSPS) is 19.8. The van der Waals surface area contributed by atoms with Crippen molar-refractivity contribution in [3.05, 3.63) is 28.2 Å². The van der Waals surface area contributed by atoms with Crippen LogP contribution in [0.1, 0.15) is 25.7 Å².